The summed E-state index contributed by atoms with van der Waals surface area (Å²) < 4.78 is 1.91. The molecule has 5 heteroatoms. The van der Waals surface area contributed by atoms with E-state index < -0.39 is 0 Å². The molecule has 0 unspecified atom stereocenters. The maximum Gasteiger partial charge on any atom is 0.132 e. The number of halogens is 2. The zero-order valence-electron chi connectivity index (χ0n) is 9.56. The Kier molecular flexibility index (Phi) is 2.73. The molecule has 1 aromatic carbocycles. The molecule has 0 saturated carbocycles. The van der Waals surface area contributed by atoms with Gasteiger partial charge in [-0.05, 0) is 6.07 Å². The molecule has 3 nitrogen and oxygen atoms in total. The number of pyridine rings is 1. The number of imidazole rings is 1. The van der Waals surface area contributed by atoms with Crippen LogP contribution in [0.3, 0.4) is 0 Å². The van der Waals surface area contributed by atoms with Crippen LogP contribution in [0.2, 0.25) is 10.2 Å². The monoisotopic (exact) mass is 277 g/mol. The molecular weight excluding hydrogens is 269 g/mol. The number of benzene rings is 1. The Hall–Kier alpha value is -1.58. The van der Waals surface area contributed by atoms with Crippen molar-refractivity contribution in [1.82, 2.24) is 14.5 Å². The van der Waals surface area contributed by atoms with E-state index in [4.69, 9.17) is 23.2 Å². The molecule has 2 aromatic heterocycles. The predicted molar refractivity (Wildman–Crippen MR) is 74.0 cm³/mol. The Morgan fingerprint density at radius 1 is 1.17 bits per heavy atom. The van der Waals surface area contributed by atoms with Crippen LogP contribution in [0.4, 0.5) is 0 Å². The summed E-state index contributed by atoms with van der Waals surface area (Å²) >= 11 is 12.3. The highest BCUT2D eigenvalue weighted by atomic mass is 35.5. The van der Waals surface area contributed by atoms with Gasteiger partial charge in [0.15, 0.2) is 0 Å². The second kappa shape index (κ2) is 4.26. The minimum absolute atomic E-state index is 0.431. The van der Waals surface area contributed by atoms with Crippen LogP contribution in [0.5, 0.6) is 0 Å². The fraction of sp³-hybridized carbons (Fsp3) is 0.0769. The van der Waals surface area contributed by atoms with Gasteiger partial charge in [-0.15, -0.1) is 0 Å². The van der Waals surface area contributed by atoms with E-state index in [1.807, 2.05) is 35.9 Å². The fourth-order valence-corrected chi connectivity index (χ4v) is 2.35. The number of aromatic nitrogens is 3. The average molecular weight is 278 g/mol. The van der Waals surface area contributed by atoms with Crippen LogP contribution in [0.15, 0.2) is 36.7 Å². The van der Waals surface area contributed by atoms with Crippen molar-refractivity contribution in [2.75, 3.05) is 0 Å². The SMILES string of the molecule is Cn1cnc2c(-c3ccccc3Cl)nc(Cl)cc21. The number of fused-ring (bicyclic) bond motifs is 1. The van der Waals surface area contributed by atoms with E-state index in [9.17, 15) is 0 Å². The minimum Gasteiger partial charge on any atom is -0.334 e. The normalized spacial score (nSPS) is 11.1. The van der Waals surface area contributed by atoms with Gasteiger partial charge in [-0.2, -0.15) is 0 Å². The van der Waals surface area contributed by atoms with Crippen molar-refractivity contribution in [2.45, 2.75) is 0 Å². The first-order valence-corrected chi connectivity index (χ1v) is 6.15. The molecule has 2 heterocycles. The van der Waals surface area contributed by atoms with Gasteiger partial charge >= 0.3 is 0 Å². The Morgan fingerprint density at radius 2 is 1.94 bits per heavy atom. The van der Waals surface area contributed by atoms with Crippen molar-refractivity contribution >= 4 is 34.2 Å². The zero-order valence-corrected chi connectivity index (χ0v) is 11.1. The van der Waals surface area contributed by atoms with Crippen LogP contribution in [0.25, 0.3) is 22.3 Å². The topological polar surface area (TPSA) is 30.7 Å². The Bertz CT molecular complexity index is 734. The lowest BCUT2D eigenvalue weighted by Gasteiger charge is -2.05. The van der Waals surface area contributed by atoms with Gasteiger partial charge in [0.25, 0.3) is 0 Å². The largest absolute Gasteiger partial charge is 0.334 e. The quantitative estimate of drug-likeness (QED) is 0.631. The van der Waals surface area contributed by atoms with Crippen LogP contribution >= 0.6 is 23.2 Å². The Labute approximate surface area is 114 Å². The first-order valence-electron chi connectivity index (χ1n) is 5.39. The average Bonchev–Trinajstić information content (AvgIpc) is 2.71. The summed E-state index contributed by atoms with van der Waals surface area (Å²) in [4.78, 5) is 8.71. The summed E-state index contributed by atoms with van der Waals surface area (Å²) in [6.07, 6.45) is 1.74. The van der Waals surface area contributed by atoms with E-state index in [1.165, 1.54) is 0 Å². The van der Waals surface area contributed by atoms with Crippen molar-refractivity contribution in [1.29, 1.82) is 0 Å². The van der Waals surface area contributed by atoms with Gasteiger partial charge in [0.1, 0.15) is 16.4 Å². The third kappa shape index (κ3) is 1.76. The van der Waals surface area contributed by atoms with E-state index in [1.54, 1.807) is 12.4 Å². The zero-order chi connectivity index (χ0) is 12.7. The third-order valence-electron chi connectivity index (χ3n) is 2.81. The van der Waals surface area contributed by atoms with Crippen molar-refractivity contribution in [3.8, 4) is 11.3 Å². The maximum atomic E-state index is 6.20. The number of nitrogens with zero attached hydrogens (tertiary/aromatic N) is 3. The Morgan fingerprint density at radius 3 is 2.72 bits per heavy atom. The molecule has 0 aliphatic heterocycles. The molecule has 0 fully saturated rings. The standard InChI is InChI=1S/C13H9Cl2N3/c1-18-7-16-13-10(18)6-11(15)17-12(13)8-4-2-3-5-9(8)14/h2-7H,1H3. The lowest BCUT2D eigenvalue weighted by atomic mass is 10.1. The summed E-state index contributed by atoms with van der Waals surface area (Å²) in [5.41, 5.74) is 3.29. The highest BCUT2D eigenvalue weighted by Gasteiger charge is 2.13. The van der Waals surface area contributed by atoms with Gasteiger partial charge in [-0.3, -0.25) is 0 Å². The fourth-order valence-electron chi connectivity index (χ4n) is 1.94. The van der Waals surface area contributed by atoms with Gasteiger partial charge in [-0.1, -0.05) is 41.4 Å². The lowest BCUT2D eigenvalue weighted by molar-refractivity contribution is 0.947. The van der Waals surface area contributed by atoms with Crippen LogP contribution in [0.1, 0.15) is 0 Å². The molecule has 0 N–H and O–H groups in total. The molecule has 18 heavy (non-hydrogen) atoms. The van der Waals surface area contributed by atoms with Crippen molar-refractivity contribution < 1.29 is 0 Å². The molecule has 0 spiro atoms. The number of rotatable bonds is 1. The first kappa shape index (κ1) is 11.5. The molecule has 0 saturated heterocycles. The summed E-state index contributed by atoms with van der Waals surface area (Å²) in [5.74, 6) is 0. The maximum absolute atomic E-state index is 6.20. The molecule has 90 valence electrons. The van der Waals surface area contributed by atoms with Gasteiger partial charge in [0.05, 0.1) is 16.9 Å². The van der Waals surface area contributed by atoms with Crippen LogP contribution < -0.4 is 0 Å². The smallest absolute Gasteiger partial charge is 0.132 e. The highest BCUT2D eigenvalue weighted by molar-refractivity contribution is 6.34. The van der Waals surface area contributed by atoms with Gasteiger partial charge in [-0.25, -0.2) is 9.97 Å². The molecule has 3 rings (SSSR count). The molecule has 0 aliphatic rings. The van der Waals surface area contributed by atoms with Gasteiger partial charge in [0, 0.05) is 18.7 Å². The highest BCUT2D eigenvalue weighted by Crippen LogP contribution is 2.32. The second-order valence-electron chi connectivity index (χ2n) is 4.00. The lowest BCUT2D eigenvalue weighted by Crippen LogP contribution is -1.90. The van der Waals surface area contributed by atoms with E-state index in [2.05, 4.69) is 9.97 Å². The van der Waals surface area contributed by atoms with Crippen LogP contribution in [0, 0.1) is 0 Å². The van der Waals surface area contributed by atoms with Crippen molar-refractivity contribution in [3.63, 3.8) is 0 Å². The van der Waals surface area contributed by atoms with E-state index in [0.717, 1.165) is 16.6 Å². The van der Waals surface area contributed by atoms with Gasteiger partial charge in [0.2, 0.25) is 0 Å². The summed E-state index contributed by atoms with van der Waals surface area (Å²) in [6.45, 7) is 0. The molecule has 0 bridgehead atoms. The minimum atomic E-state index is 0.431. The predicted octanol–water partition coefficient (Wildman–Crippen LogP) is 3.94. The van der Waals surface area contributed by atoms with Crippen LogP contribution in [-0.4, -0.2) is 14.5 Å². The van der Waals surface area contributed by atoms with E-state index >= 15 is 0 Å². The summed E-state index contributed by atoms with van der Waals surface area (Å²) in [7, 11) is 1.92. The first-order chi connectivity index (χ1) is 8.66. The molecule has 0 aliphatic carbocycles. The van der Waals surface area contributed by atoms with Crippen molar-refractivity contribution in [2.24, 2.45) is 7.05 Å². The summed E-state index contributed by atoms with van der Waals surface area (Å²) in [5, 5.41) is 1.07. The molecule has 0 radical (unpaired) electrons. The number of aryl methyl sites for hydroxylation is 1. The third-order valence-corrected chi connectivity index (χ3v) is 3.33. The van der Waals surface area contributed by atoms with E-state index in [-0.39, 0.29) is 0 Å². The van der Waals surface area contributed by atoms with E-state index in [0.29, 0.717) is 15.9 Å². The molecule has 3 aromatic rings. The number of hydrogen-bond acceptors (Lipinski definition) is 2. The Balaban J connectivity index is 2.39. The van der Waals surface area contributed by atoms with Crippen LogP contribution in [-0.2, 0) is 7.05 Å². The molecular formula is C13H9Cl2N3. The molecule has 0 atom stereocenters. The van der Waals surface area contributed by atoms with Crippen molar-refractivity contribution in [3.05, 3.63) is 46.8 Å². The van der Waals surface area contributed by atoms with Gasteiger partial charge < -0.3 is 4.57 Å². The summed E-state index contributed by atoms with van der Waals surface area (Å²) in [6, 6.07) is 9.33. The second-order valence-corrected chi connectivity index (χ2v) is 4.79. The molecule has 0 amide bonds. The number of hydrogen-bond donors (Lipinski definition) is 0.